The van der Waals surface area contributed by atoms with Crippen LogP contribution in [0.4, 0.5) is 5.69 Å². The molecular formula is C13H18BrN3O2. The van der Waals surface area contributed by atoms with Crippen LogP contribution < -0.4 is 10.6 Å². The predicted octanol–water partition coefficient (Wildman–Crippen LogP) is 2.16. The van der Waals surface area contributed by atoms with Gasteiger partial charge in [-0.15, -0.1) is 0 Å². The molecule has 1 saturated heterocycles. The van der Waals surface area contributed by atoms with E-state index in [-0.39, 0.29) is 11.9 Å². The second-order valence-corrected chi connectivity index (χ2v) is 5.65. The zero-order valence-electron chi connectivity index (χ0n) is 11.0. The van der Waals surface area contributed by atoms with Gasteiger partial charge in [-0.3, -0.25) is 0 Å². The molecule has 0 amide bonds. The van der Waals surface area contributed by atoms with E-state index in [4.69, 9.17) is 15.7 Å². The average Bonchev–Trinajstić information content (AvgIpc) is 2.40. The van der Waals surface area contributed by atoms with E-state index in [2.05, 4.69) is 39.8 Å². The van der Waals surface area contributed by atoms with Crippen LogP contribution in [0.1, 0.15) is 19.4 Å². The third-order valence-electron chi connectivity index (χ3n) is 3.28. The summed E-state index contributed by atoms with van der Waals surface area (Å²) in [5, 5.41) is 11.7. The molecule has 1 aliphatic heterocycles. The van der Waals surface area contributed by atoms with Crippen molar-refractivity contribution in [2.24, 2.45) is 10.9 Å². The molecule has 0 radical (unpaired) electrons. The van der Waals surface area contributed by atoms with E-state index >= 15 is 0 Å². The highest BCUT2D eigenvalue weighted by Gasteiger charge is 2.24. The number of anilines is 1. The number of nitrogens with two attached hydrogens (primary N) is 1. The fourth-order valence-corrected chi connectivity index (χ4v) is 2.78. The van der Waals surface area contributed by atoms with E-state index in [1.165, 1.54) is 0 Å². The van der Waals surface area contributed by atoms with Crippen LogP contribution in [0.25, 0.3) is 0 Å². The Balaban J connectivity index is 2.28. The summed E-state index contributed by atoms with van der Waals surface area (Å²) in [5.41, 5.74) is 7.39. The monoisotopic (exact) mass is 327 g/mol. The number of benzene rings is 1. The molecule has 1 aromatic rings. The van der Waals surface area contributed by atoms with E-state index < -0.39 is 0 Å². The van der Waals surface area contributed by atoms with Gasteiger partial charge in [0.25, 0.3) is 0 Å². The maximum atomic E-state index is 8.72. The Kier molecular flexibility index (Phi) is 4.31. The lowest BCUT2D eigenvalue weighted by Crippen LogP contribution is -2.47. The summed E-state index contributed by atoms with van der Waals surface area (Å²) in [6.45, 7) is 5.78. The number of hydrogen-bond donors (Lipinski definition) is 2. The summed E-state index contributed by atoms with van der Waals surface area (Å²) in [5.74, 6) is 0.0989. The molecule has 0 aliphatic carbocycles. The fourth-order valence-electron chi connectivity index (χ4n) is 2.21. The smallest absolute Gasteiger partial charge is 0.171 e. The summed E-state index contributed by atoms with van der Waals surface area (Å²) < 4.78 is 6.44. The Morgan fingerprint density at radius 1 is 1.53 bits per heavy atom. The minimum Gasteiger partial charge on any atom is -0.409 e. The summed E-state index contributed by atoms with van der Waals surface area (Å²) in [6.07, 6.45) is 0.221. The van der Waals surface area contributed by atoms with Crippen molar-refractivity contribution in [1.29, 1.82) is 0 Å². The molecule has 1 fully saturated rings. The Morgan fingerprint density at radius 2 is 2.26 bits per heavy atom. The van der Waals surface area contributed by atoms with Gasteiger partial charge in [-0.25, -0.2) is 0 Å². The highest BCUT2D eigenvalue weighted by atomic mass is 79.9. The lowest BCUT2D eigenvalue weighted by atomic mass is 10.1. The van der Waals surface area contributed by atoms with Crippen molar-refractivity contribution in [2.75, 3.05) is 18.1 Å². The van der Waals surface area contributed by atoms with Crippen molar-refractivity contribution in [1.82, 2.24) is 0 Å². The van der Waals surface area contributed by atoms with E-state index in [0.29, 0.717) is 11.6 Å². The average molecular weight is 328 g/mol. The summed E-state index contributed by atoms with van der Waals surface area (Å²) in [4.78, 5) is 2.30. The second-order valence-electron chi connectivity index (χ2n) is 4.79. The number of morpholine rings is 1. The molecule has 1 aliphatic rings. The zero-order chi connectivity index (χ0) is 14.0. The second kappa shape index (κ2) is 5.79. The van der Waals surface area contributed by atoms with Crippen LogP contribution in [0.5, 0.6) is 0 Å². The molecule has 1 heterocycles. The van der Waals surface area contributed by atoms with Gasteiger partial charge in [0.05, 0.1) is 12.7 Å². The maximum absolute atomic E-state index is 8.72. The van der Waals surface area contributed by atoms with Gasteiger partial charge >= 0.3 is 0 Å². The number of nitrogens with zero attached hydrogens (tertiary/aromatic N) is 2. The Labute approximate surface area is 121 Å². The number of rotatable bonds is 2. The molecule has 6 heteroatoms. The molecule has 0 aromatic heterocycles. The van der Waals surface area contributed by atoms with E-state index in [0.717, 1.165) is 23.3 Å². The summed E-state index contributed by atoms with van der Waals surface area (Å²) >= 11 is 3.46. The lowest BCUT2D eigenvalue weighted by molar-refractivity contribution is 0.0344. The quantitative estimate of drug-likeness (QED) is 0.378. The molecule has 2 rings (SSSR count). The third-order valence-corrected chi connectivity index (χ3v) is 3.93. The Bertz CT molecular complexity index is 493. The third kappa shape index (κ3) is 3.01. The summed E-state index contributed by atoms with van der Waals surface area (Å²) in [7, 11) is 0. The highest BCUT2D eigenvalue weighted by Crippen LogP contribution is 2.27. The SMILES string of the molecule is CC1CN(c2ccc(/C(N)=N/O)c(Br)c2)C(C)CO1. The van der Waals surface area contributed by atoms with Crippen LogP contribution >= 0.6 is 15.9 Å². The van der Waals surface area contributed by atoms with Crippen molar-refractivity contribution in [2.45, 2.75) is 26.0 Å². The van der Waals surface area contributed by atoms with Crippen LogP contribution in [-0.4, -0.2) is 36.3 Å². The lowest BCUT2D eigenvalue weighted by Gasteiger charge is -2.38. The molecule has 5 nitrogen and oxygen atoms in total. The first-order valence-electron chi connectivity index (χ1n) is 6.18. The first kappa shape index (κ1) is 14.1. The number of halogens is 1. The van der Waals surface area contributed by atoms with Crippen LogP contribution in [0.15, 0.2) is 27.8 Å². The molecule has 19 heavy (non-hydrogen) atoms. The molecule has 2 atom stereocenters. The molecule has 1 aromatic carbocycles. The van der Waals surface area contributed by atoms with Crippen molar-refractivity contribution < 1.29 is 9.94 Å². The van der Waals surface area contributed by atoms with Gasteiger partial charge in [0, 0.05) is 28.3 Å². The number of ether oxygens (including phenoxy) is 1. The first-order valence-corrected chi connectivity index (χ1v) is 6.98. The topological polar surface area (TPSA) is 71.1 Å². The van der Waals surface area contributed by atoms with Crippen LogP contribution in [0, 0.1) is 0 Å². The minimum absolute atomic E-state index is 0.0989. The van der Waals surface area contributed by atoms with Gasteiger partial charge in [0.1, 0.15) is 0 Å². The van der Waals surface area contributed by atoms with Gasteiger partial charge in [-0.2, -0.15) is 0 Å². The van der Waals surface area contributed by atoms with Gasteiger partial charge < -0.3 is 20.6 Å². The number of hydrogen-bond acceptors (Lipinski definition) is 4. The summed E-state index contributed by atoms with van der Waals surface area (Å²) in [6, 6.07) is 6.15. The Hall–Kier alpha value is -1.27. The van der Waals surface area contributed by atoms with Crippen LogP contribution in [0.2, 0.25) is 0 Å². The van der Waals surface area contributed by atoms with E-state index in [1.807, 2.05) is 18.2 Å². The number of amidine groups is 1. The standard InChI is InChI=1S/C13H18BrN3O2/c1-8-7-19-9(2)6-17(8)10-3-4-11(12(14)5-10)13(15)16-18/h3-5,8-9,18H,6-7H2,1-2H3,(H2,15,16). The maximum Gasteiger partial charge on any atom is 0.171 e. The van der Waals surface area contributed by atoms with Gasteiger partial charge in [0.15, 0.2) is 5.84 Å². The molecule has 2 unspecified atom stereocenters. The van der Waals surface area contributed by atoms with Gasteiger partial charge in [0.2, 0.25) is 0 Å². The van der Waals surface area contributed by atoms with Gasteiger partial charge in [-0.1, -0.05) is 5.16 Å². The van der Waals surface area contributed by atoms with Crippen LogP contribution in [-0.2, 0) is 4.74 Å². The van der Waals surface area contributed by atoms with E-state index in [1.54, 1.807) is 0 Å². The molecule has 0 spiro atoms. The highest BCUT2D eigenvalue weighted by molar-refractivity contribution is 9.10. The van der Waals surface area contributed by atoms with Gasteiger partial charge in [-0.05, 0) is 48.0 Å². The van der Waals surface area contributed by atoms with Crippen molar-refractivity contribution >= 4 is 27.5 Å². The molecule has 3 N–H and O–H groups in total. The predicted molar refractivity (Wildman–Crippen MR) is 78.9 cm³/mol. The molecular weight excluding hydrogens is 310 g/mol. The minimum atomic E-state index is 0.0989. The first-order chi connectivity index (χ1) is 9.02. The molecule has 0 saturated carbocycles. The van der Waals surface area contributed by atoms with Crippen molar-refractivity contribution in [3.05, 3.63) is 28.2 Å². The van der Waals surface area contributed by atoms with Crippen LogP contribution in [0.3, 0.4) is 0 Å². The molecule has 0 bridgehead atoms. The number of oxime groups is 1. The van der Waals surface area contributed by atoms with Crippen molar-refractivity contribution in [3.8, 4) is 0 Å². The fraction of sp³-hybridized carbons (Fsp3) is 0.462. The van der Waals surface area contributed by atoms with E-state index in [9.17, 15) is 0 Å². The zero-order valence-corrected chi connectivity index (χ0v) is 12.6. The van der Waals surface area contributed by atoms with Crippen molar-refractivity contribution in [3.63, 3.8) is 0 Å². The Morgan fingerprint density at radius 3 is 2.89 bits per heavy atom. The normalized spacial score (nSPS) is 24.6. The molecule has 104 valence electrons. The largest absolute Gasteiger partial charge is 0.409 e.